The molecular formula is C31H31N3O2. The second-order valence-electron chi connectivity index (χ2n) is 9.08. The Kier molecular flexibility index (Phi) is 6.89. The molecule has 0 aliphatic carbocycles. The van der Waals surface area contributed by atoms with E-state index in [2.05, 4.69) is 28.1 Å². The molecule has 0 aromatic heterocycles. The van der Waals surface area contributed by atoms with Crippen LogP contribution in [0.4, 0.5) is 11.4 Å². The number of para-hydroxylation sites is 3. The van der Waals surface area contributed by atoms with Crippen LogP contribution in [0.3, 0.4) is 0 Å². The van der Waals surface area contributed by atoms with Gasteiger partial charge in [-0.1, -0.05) is 91.0 Å². The van der Waals surface area contributed by atoms with E-state index in [1.807, 2.05) is 97.1 Å². The zero-order valence-electron chi connectivity index (χ0n) is 20.4. The van der Waals surface area contributed by atoms with Gasteiger partial charge >= 0.3 is 0 Å². The van der Waals surface area contributed by atoms with Crippen LogP contribution in [0.2, 0.25) is 0 Å². The van der Waals surface area contributed by atoms with Crippen molar-refractivity contribution in [1.82, 2.24) is 5.32 Å². The van der Waals surface area contributed by atoms with Crippen molar-refractivity contribution in [3.63, 3.8) is 0 Å². The van der Waals surface area contributed by atoms with Crippen LogP contribution >= 0.6 is 0 Å². The summed E-state index contributed by atoms with van der Waals surface area (Å²) >= 11 is 0. The predicted octanol–water partition coefficient (Wildman–Crippen LogP) is 5.95. The summed E-state index contributed by atoms with van der Waals surface area (Å²) in [6.45, 7) is 0.469. The smallest absolute Gasteiger partial charge is 0.228 e. The SMILES string of the molecule is COc1ccccc1C1(C(CCc2ccccc2)C(=O)NCc2ccccc2)Nc2ccccc2N1. The molecule has 0 saturated carbocycles. The van der Waals surface area contributed by atoms with Crippen molar-refractivity contribution in [3.8, 4) is 5.75 Å². The number of hydrogen-bond acceptors (Lipinski definition) is 4. The molecule has 1 heterocycles. The van der Waals surface area contributed by atoms with Crippen molar-refractivity contribution in [2.75, 3.05) is 17.7 Å². The van der Waals surface area contributed by atoms with Gasteiger partial charge in [0.1, 0.15) is 11.4 Å². The van der Waals surface area contributed by atoms with Gasteiger partial charge in [-0.05, 0) is 42.2 Å². The summed E-state index contributed by atoms with van der Waals surface area (Å²) < 4.78 is 5.79. The number of aryl methyl sites for hydroxylation is 1. The number of carbonyl (C=O) groups excluding carboxylic acids is 1. The second-order valence-corrected chi connectivity index (χ2v) is 9.08. The fourth-order valence-corrected chi connectivity index (χ4v) is 5.03. The molecule has 0 radical (unpaired) electrons. The largest absolute Gasteiger partial charge is 0.496 e. The minimum atomic E-state index is -0.883. The monoisotopic (exact) mass is 477 g/mol. The highest BCUT2D eigenvalue weighted by atomic mass is 16.5. The molecule has 36 heavy (non-hydrogen) atoms. The van der Waals surface area contributed by atoms with Crippen LogP contribution in [0.25, 0.3) is 0 Å². The second kappa shape index (κ2) is 10.6. The number of nitrogens with one attached hydrogen (secondary N) is 3. The molecule has 5 rings (SSSR count). The Morgan fingerprint density at radius 3 is 1.97 bits per heavy atom. The first-order chi connectivity index (χ1) is 17.7. The molecular weight excluding hydrogens is 446 g/mol. The Morgan fingerprint density at radius 2 is 1.33 bits per heavy atom. The topological polar surface area (TPSA) is 62.4 Å². The van der Waals surface area contributed by atoms with Crippen molar-refractivity contribution in [2.24, 2.45) is 5.92 Å². The average molecular weight is 478 g/mol. The molecule has 4 aromatic carbocycles. The van der Waals surface area contributed by atoms with Gasteiger partial charge in [-0.2, -0.15) is 0 Å². The van der Waals surface area contributed by atoms with Crippen molar-refractivity contribution in [1.29, 1.82) is 0 Å². The number of ether oxygens (including phenoxy) is 1. The number of amides is 1. The highest BCUT2D eigenvalue weighted by molar-refractivity contribution is 5.86. The van der Waals surface area contributed by atoms with Crippen molar-refractivity contribution < 1.29 is 9.53 Å². The zero-order valence-corrected chi connectivity index (χ0v) is 20.4. The molecule has 1 atom stereocenters. The number of hydrogen-bond donors (Lipinski definition) is 3. The van der Waals surface area contributed by atoms with Crippen LogP contribution in [0.15, 0.2) is 109 Å². The maximum absolute atomic E-state index is 14.0. The van der Waals surface area contributed by atoms with Crippen LogP contribution in [0.1, 0.15) is 23.1 Å². The third-order valence-electron chi connectivity index (χ3n) is 6.84. The fourth-order valence-electron chi connectivity index (χ4n) is 5.03. The molecule has 1 unspecified atom stereocenters. The third kappa shape index (κ3) is 4.78. The molecule has 0 saturated heterocycles. The molecule has 1 aliphatic heterocycles. The van der Waals surface area contributed by atoms with Crippen molar-refractivity contribution in [2.45, 2.75) is 25.0 Å². The predicted molar refractivity (Wildman–Crippen MR) is 145 cm³/mol. The van der Waals surface area contributed by atoms with Gasteiger partial charge in [0.2, 0.25) is 5.91 Å². The summed E-state index contributed by atoms with van der Waals surface area (Å²) in [5.74, 6) is 0.268. The van der Waals surface area contributed by atoms with Crippen LogP contribution in [-0.2, 0) is 23.4 Å². The Balaban J connectivity index is 1.54. The van der Waals surface area contributed by atoms with Gasteiger partial charge in [-0.3, -0.25) is 4.79 Å². The molecule has 0 spiro atoms. The lowest BCUT2D eigenvalue weighted by Crippen LogP contribution is -2.52. The van der Waals surface area contributed by atoms with E-state index in [0.29, 0.717) is 13.0 Å². The summed E-state index contributed by atoms with van der Waals surface area (Å²) in [5, 5.41) is 10.6. The van der Waals surface area contributed by atoms with Crippen molar-refractivity contribution in [3.05, 3.63) is 126 Å². The quantitative estimate of drug-likeness (QED) is 0.279. The van der Waals surface area contributed by atoms with E-state index < -0.39 is 11.6 Å². The first-order valence-corrected chi connectivity index (χ1v) is 12.3. The number of anilines is 2. The summed E-state index contributed by atoms with van der Waals surface area (Å²) in [4.78, 5) is 14.0. The van der Waals surface area contributed by atoms with E-state index in [1.54, 1.807) is 7.11 Å². The molecule has 1 aliphatic rings. The standard InChI is InChI=1S/C31H31N3O2/c1-36-29-19-11-8-16-25(29)31(33-27-17-9-10-18-28(27)34-31)26(21-20-23-12-4-2-5-13-23)30(35)32-22-24-14-6-3-7-15-24/h2-19,26,33-34H,20-22H2,1H3,(H,32,35). The van der Waals surface area contributed by atoms with E-state index in [0.717, 1.165) is 34.7 Å². The lowest BCUT2D eigenvalue weighted by Gasteiger charge is -2.39. The van der Waals surface area contributed by atoms with E-state index >= 15 is 0 Å². The van der Waals surface area contributed by atoms with E-state index in [1.165, 1.54) is 5.56 Å². The van der Waals surface area contributed by atoms with Crippen molar-refractivity contribution >= 4 is 17.3 Å². The van der Waals surface area contributed by atoms with Gasteiger partial charge in [-0.25, -0.2) is 0 Å². The number of fused-ring (bicyclic) bond motifs is 1. The molecule has 4 aromatic rings. The fraction of sp³-hybridized carbons (Fsp3) is 0.194. The minimum absolute atomic E-state index is 0.0199. The number of benzene rings is 4. The summed E-state index contributed by atoms with van der Waals surface area (Å²) in [5.41, 5.74) is 4.20. The number of carbonyl (C=O) groups is 1. The molecule has 182 valence electrons. The summed E-state index contributed by atoms with van der Waals surface area (Å²) in [7, 11) is 1.67. The highest BCUT2D eigenvalue weighted by Crippen LogP contribution is 2.47. The highest BCUT2D eigenvalue weighted by Gasteiger charge is 2.49. The van der Waals surface area contributed by atoms with Gasteiger partial charge in [-0.15, -0.1) is 0 Å². The third-order valence-corrected chi connectivity index (χ3v) is 6.84. The van der Waals surface area contributed by atoms with Gasteiger partial charge < -0.3 is 20.7 Å². The Morgan fingerprint density at radius 1 is 0.778 bits per heavy atom. The Bertz CT molecular complexity index is 1280. The maximum Gasteiger partial charge on any atom is 0.228 e. The van der Waals surface area contributed by atoms with Gasteiger partial charge in [0, 0.05) is 12.1 Å². The minimum Gasteiger partial charge on any atom is -0.496 e. The Labute approximate surface area is 212 Å². The van der Waals surface area contributed by atoms with Gasteiger partial charge in [0.15, 0.2) is 0 Å². The van der Waals surface area contributed by atoms with Gasteiger partial charge in [0.25, 0.3) is 0 Å². The summed E-state index contributed by atoms with van der Waals surface area (Å²) in [6, 6.07) is 36.3. The first kappa shape index (κ1) is 23.5. The van der Waals surface area contributed by atoms with E-state index in [9.17, 15) is 4.79 Å². The number of methoxy groups -OCH3 is 1. The lowest BCUT2D eigenvalue weighted by atomic mass is 9.81. The van der Waals surface area contributed by atoms with E-state index in [-0.39, 0.29) is 5.91 Å². The normalized spacial score (nSPS) is 14.1. The van der Waals surface area contributed by atoms with Crippen LogP contribution < -0.4 is 20.7 Å². The van der Waals surface area contributed by atoms with E-state index in [4.69, 9.17) is 4.74 Å². The number of rotatable bonds is 9. The molecule has 0 bridgehead atoms. The summed E-state index contributed by atoms with van der Waals surface area (Å²) in [6.07, 6.45) is 1.40. The van der Waals surface area contributed by atoms with Crippen LogP contribution in [0.5, 0.6) is 5.75 Å². The molecule has 1 amide bonds. The maximum atomic E-state index is 14.0. The molecule has 0 fully saturated rings. The Hall–Kier alpha value is -4.25. The molecule has 3 N–H and O–H groups in total. The first-order valence-electron chi connectivity index (χ1n) is 12.3. The van der Waals surface area contributed by atoms with Crippen LogP contribution in [0, 0.1) is 5.92 Å². The average Bonchev–Trinajstić information content (AvgIpc) is 3.33. The van der Waals surface area contributed by atoms with Crippen LogP contribution in [-0.4, -0.2) is 13.0 Å². The molecule has 5 heteroatoms. The zero-order chi connectivity index (χ0) is 24.8. The molecule has 5 nitrogen and oxygen atoms in total. The van der Waals surface area contributed by atoms with Gasteiger partial charge in [0.05, 0.1) is 24.4 Å². The lowest BCUT2D eigenvalue weighted by molar-refractivity contribution is -0.127.